The predicted octanol–water partition coefficient (Wildman–Crippen LogP) is 2.88. The molecule has 0 fully saturated rings. The van der Waals surface area contributed by atoms with E-state index in [4.69, 9.17) is 0 Å². The molecular formula is C15H18N2OSi. The highest BCUT2D eigenvalue weighted by atomic mass is 28.3. The molecule has 0 saturated heterocycles. The molecule has 0 radical (unpaired) electrons. The number of amides is 1. The minimum absolute atomic E-state index is 0.0897. The Bertz CT molecular complexity index is 576. The second-order valence-electron chi connectivity index (χ2n) is 5.49. The van der Waals surface area contributed by atoms with Gasteiger partial charge in [0, 0.05) is 11.8 Å². The largest absolute Gasteiger partial charge is 0.321 e. The molecule has 1 aromatic carbocycles. The van der Waals surface area contributed by atoms with Gasteiger partial charge < -0.3 is 5.32 Å². The first-order chi connectivity index (χ1) is 8.98. The van der Waals surface area contributed by atoms with Gasteiger partial charge in [0.15, 0.2) is 0 Å². The third-order valence-electron chi connectivity index (χ3n) is 2.91. The van der Waals surface area contributed by atoms with Crippen molar-refractivity contribution in [3.8, 4) is 0 Å². The van der Waals surface area contributed by atoms with Gasteiger partial charge in [0.2, 0.25) is 0 Å². The van der Waals surface area contributed by atoms with Crippen molar-refractivity contribution in [1.29, 1.82) is 0 Å². The fraction of sp³-hybridized carbons (Fsp3) is 0.200. The Morgan fingerprint density at radius 1 is 1.11 bits per heavy atom. The van der Waals surface area contributed by atoms with Crippen LogP contribution in [0.1, 0.15) is 10.4 Å². The van der Waals surface area contributed by atoms with Crippen LogP contribution in [-0.4, -0.2) is 19.0 Å². The Labute approximate surface area is 114 Å². The van der Waals surface area contributed by atoms with E-state index in [0.717, 1.165) is 5.69 Å². The van der Waals surface area contributed by atoms with E-state index < -0.39 is 8.07 Å². The maximum absolute atomic E-state index is 12.2. The fourth-order valence-corrected chi connectivity index (χ4v) is 3.44. The van der Waals surface area contributed by atoms with Crippen LogP contribution in [0.4, 0.5) is 5.69 Å². The SMILES string of the molecule is C[Si](C)(C)c1ccncc1NC(=O)c1ccccc1. The number of carbonyl (C=O) groups excluding carboxylic acids is 1. The topological polar surface area (TPSA) is 42.0 Å². The molecule has 0 aliphatic heterocycles. The van der Waals surface area contributed by atoms with Crippen molar-refractivity contribution in [2.45, 2.75) is 19.6 Å². The maximum atomic E-state index is 12.2. The van der Waals surface area contributed by atoms with Crippen molar-refractivity contribution in [3.05, 3.63) is 54.4 Å². The van der Waals surface area contributed by atoms with Gasteiger partial charge in [-0.15, -0.1) is 0 Å². The summed E-state index contributed by atoms with van der Waals surface area (Å²) in [6.45, 7) is 6.75. The second-order valence-corrected chi connectivity index (χ2v) is 10.5. The number of nitrogens with one attached hydrogen (secondary N) is 1. The fourth-order valence-electron chi connectivity index (χ4n) is 1.93. The molecular weight excluding hydrogens is 252 g/mol. The minimum atomic E-state index is -1.50. The van der Waals surface area contributed by atoms with Crippen LogP contribution in [0.3, 0.4) is 0 Å². The molecule has 0 aliphatic carbocycles. The van der Waals surface area contributed by atoms with E-state index in [1.165, 1.54) is 5.19 Å². The van der Waals surface area contributed by atoms with E-state index in [-0.39, 0.29) is 5.91 Å². The summed E-state index contributed by atoms with van der Waals surface area (Å²) in [5.41, 5.74) is 1.49. The number of benzene rings is 1. The summed E-state index contributed by atoms with van der Waals surface area (Å²) < 4.78 is 0. The summed E-state index contributed by atoms with van der Waals surface area (Å²) in [6, 6.07) is 11.2. The zero-order chi connectivity index (χ0) is 13.9. The standard InChI is InChI=1S/C15H18N2OSi/c1-19(2,3)14-9-10-16-11-13(14)17-15(18)12-7-5-4-6-8-12/h4-11H,1-3H3,(H,17,18). The van der Waals surface area contributed by atoms with Crippen LogP contribution < -0.4 is 10.5 Å². The third kappa shape index (κ3) is 3.29. The van der Waals surface area contributed by atoms with Gasteiger partial charge in [-0.2, -0.15) is 0 Å². The molecule has 3 nitrogen and oxygen atoms in total. The Hall–Kier alpha value is -1.94. The molecule has 1 amide bonds. The van der Waals surface area contributed by atoms with Crippen LogP contribution >= 0.6 is 0 Å². The van der Waals surface area contributed by atoms with Crippen LogP contribution in [0.25, 0.3) is 0 Å². The van der Waals surface area contributed by atoms with Crippen molar-refractivity contribution in [2.75, 3.05) is 5.32 Å². The van der Waals surface area contributed by atoms with Gasteiger partial charge in [-0.25, -0.2) is 0 Å². The van der Waals surface area contributed by atoms with Crippen molar-refractivity contribution in [3.63, 3.8) is 0 Å². The van der Waals surface area contributed by atoms with Gasteiger partial charge >= 0.3 is 0 Å². The van der Waals surface area contributed by atoms with Crippen LogP contribution in [0.2, 0.25) is 19.6 Å². The smallest absolute Gasteiger partial charge is 0.255 e. The highest BCUT2D eigenvalue weighted by Gasteiger charge is 2.21. The molecule has 0 spiro atoms. The molecule has 0 atom stereocenters. The zero-order valence-corrected chi connectivity index (χ0v) is 12.5. The summed E-state index contributed by atoms with van der Waals surface area (Å²) in [7, 11) is -1.50. The summed E-state index contributed by atoms with van der Waals surface area (Å²) in [4.78, 5) is 16.3. The molecule has 4 heteroatoms. The number of pyridine rings is 1. The molecule has 98 valence electrons. The van der Waals surface area contributed by atoms with Crippen molar-refractivity contribution in [2.24, 2.45) is 0 Å². The van der Waals surface area contributed by atoms with E-state index in [1.807, 2.05) is 24.3 Å². The Kier molecular flexibility index (Phi) is 3.81. The van der Waals surface area contributed by atoms with Gasteiger partial charge in [0.1, 0.15) is 0 Å². The molecule has 0 bridgehead atoms. The van der Waals surface area contributed by atoms with Crippen molar-refractivity contribution in [1.82, 2.24) is 4.98 Å². The minimum Gasteiger partial charge on any atom is -0.321 e. The van der Waals surface area contributed by atoms with E-state index in [0.29, 0.717) is 5.56 Å². The van der Waals surface area contributed by atoms with Crippen LogP contribution in [0.15, 0.2) is 48.8 Å². The van der Waals surface area contributed by atoms with Gasteiger partial charge in [-0.3, -0.25) is 9.78 Å². The molecule has 19 heavy (non-hydrogen) atoms. The molecule has 1 heterocycles. The van der Waals surface area contributed by atoms with E-state index in [2.05, 4.69) is 29.9 Å². The quantitative estimate of drug-likeness (QED) is 0.871. The Balaban J connectivity index is 2.28. The van der Waals surface area contributed by atoms with Gasteiger partial charge in [0.25, 0.3) is 5.91 Å². The molecule has 2 rings (SSSR count). The maximum Gasteiger partial charge on any atom is 0.255 e. The van der Waals surface area contributed by atoms with E-state index in [1.54, 1.807) is 24.5 Å². The van der Waals surface area contributed by atoms with E-state index in [9.17, 15) is 4.79 Å². The Morgan fingerprint density at radius 3 is 2.42 bits per heavy atom. The van der Waals surface area contributed by atoms with Gasteiger partial charge in [0.05, 0.1) is 20.0 Å². The van der Waals surface area contributed by atoms with E-state index >= 15 is 0 Å². The number of aromatic nitrogens is 1. The number of carbonyl (C=O) groups is 1. The lowest BCUT2D eigenvalue weighted by Gasteiger charge is -2.20. The average molecular weight is 270 g/mol. The first kappa shape index (κ1) is 13.5. The highest BCUT2D eigenvalue weighted by molar-refractivity contribution is 6.89. The van der Waals surface area contributed by atoms with Crippen molar-refractivity contribution < 1.29 is 4.79 Å². The average Bonchev–Trinajstić information content (AvgIpc) is 2.39. The van der Waals surface area contributed by atoms with Crippen LogP contribution in [0.5, 0.6) is 0 Å². The highest BCUT2D eigenvalue weighted by Crippen LogP contribution is 2.12. The van der Waals surface area contributed by atoms with Crippen LogP contribution in [0, 0.1) is 0 Å². The number of hydrogen-bond acceptors (Lipinski definition) is 2. The van der Waals surface area contributed by atoms with Gasteiger partial charge in [-0.1, -0.05) is 37.8 Å². The lowest BCUT2D eigenvalue weighted by molar-refractivity contribution is 0.102. The predicted molar refractivity (Wildman–Crippen MR) is 81.6 cm³/mol. The summed E-state index contributed by atoms with van der Waals surface area (Å²) in [6.07, 6.45) is 3.51. The summed E-state index contributed by atoms with van der Waals surface area (Å²) in [5, 5.41) is 4.18. The molecule has 0 aliphatic rings. The normalized spacial score (nSPS) is 11.1. The number of rotatable bonds is 3. The van der Waals surface area contributed by atoms with Crippen molar-refractivity contribution >= 4 is 24.9 Å². The molecule has 1 aromatic heterocycles. The first-order valence-corrected chi connectivity index (χ1v) is 9.79. The lowest BCUT2D eigenvalue weighted by Crippen LogP contribution is -2.40. The molecule has 0 unspecified atom stereocenters. The second kappa shape index (κ2) is 5.36. The summed E-state index contributed by atoms with van der Waals surface area (Å²) in [5.74, 6) is -0.0897. The number of hydrogen-bond donors (Lipinski definition) is 1. The first-order valence-electron chi connectivity index (χ1n) is 6.29. The molecule has 0 saturated carbocycles. The number of anilines is 1. The molecule has 2 aromatic rings. The van der Waals surface area contributed by atoms with Gasteiger partial charge in [-0.05, 0) is 23.4 Å². The molecule has 1 N–H and O–H groups in total. The third-order valence-corrected chi connectivity index (χ3v) is 4.97. The monoisotopic (exact) mass is 270 g/mol. The zero-order valence-electron chi connectivity index (χ0n) is 11.5. The number of nitrogens with zero attached hydrogens (tertiary/aromatic N) is 1. The lowest BCUT2D eigenvalue weighted by atomic mass is 10.2. The van der Waals surface area contributed by atoms with Crippen LogP contribution in [-0.2, 0) is 0 Å². The Morgan fingerprint density at radius 2 is 1.79 bits per heavy atom. The summed E-state index contributed by atoms with van der Waals surface area (Å²) >= 11 is 0.